The molecule has 0 N–H and O–H groups in total. The zero-order valence-electron chi connectivity index (χ0n) is 12.3. The van der Waals surface area contributed by atoms with E-state index in [0.717, 1.165) is 17.5 Å². The van der Waals surface area contributed by atoms with Crippen molar-refractivity contribution in [2.75, 3.05) is 26.7 Å². The van der Waals surface area contributed by atoms with Crippen molar-refractivity contribution < 1.29 is 0 Å². The van der Waals surface area contributed by atoms with Crippen molar-refractivity contribution >= 4 is 11.6 Å². The minimum absolute atomic E-state index is 0.666. The molecule has 0 amide bonds. The molecule has 1 heterocycles. The van der Waals surface area contributed by atoms with E-state index < -0.39 is 0 Å². The normalized spacial score (nSPS) is 24.9. The Hall–Kier alpha value is -0.570. The summed E-state index contributed by atoms with van der Waals surface area (Å²) in [6.07, 6.45) is 1.26. The maximum Gasteiger partial charge on any atom is 0.0451 e. The van der Waals surface area contributed by atoms with Gasteiger partial charge in [0, 0.05) is 24.2 Å². The summed E-state index contributed by atoms with van der Waals surface area (Å²) in [5.74, 6) is 0.723. The third-order valence-corrected chi connectivity index (χ3v) is 4.70. The zero-order valence-corrected chi connectivity index (χ0v) is 13.0. The van der Waals surface area contributed by atoms with Crippen LogP contribution in [0.4, 0.5) is 0 Å². The molecule has 1 aliphatic rings. The van der Waals surface area contributed by atoms with Crippen LogP contribution >= 0.6 is 11.6 Å². The van der Waals surface area contributed by atoms with Crippen LogP contribution < -0.4 is 0 Å². The molecule has 1 aromatic carbocycles. The molecule has 0 radical (unpaired) electrons. The Morgan fingerprint density at radius 3 is 2.74 bits per heavy atom. The Morgan fingerprint density at radius 2 is 2.11 bits per heavy atom. The molecule has 19 heavy (non-hydrogen) atoms. The van der Waals surface area contributed by atoms with Crippen molar-refractivity contribution in [2.24, 2.45) is 5.92 Å². The highest BCUT2D eigenvalue weighted by Crippen LogP contribution is 2.24. The number of hydrogen-bond donors (Lipinski definition) is 0. The molecule has 106 valence electrons. The molecule has 1 fully saturated rings. The summed E-state index contributed by atoms with van der Waals surface area (Å²) in [5.41, 5.74) is 1.23. The first-order valence-electron chi connectivity index (χ1n) is 7.27. The van der Waals surface area contributed by atoms with Crippen LogP contribution in [0.5, 0.6) is 0 Å². The minimum atomic E-state index is 0.666. The lowest BCUT2D eigenvalue weighted by Gasteiger charge is -2.41. The number of likely N-dealkylation sites (tertiary alicyclic amines) is 1. The van der Waals surface area contributed by atoms with E-state index in [1.54, 1.807) is 0 Å². The summed E-state index contributed by atoms with van der Waals surface area (Å²) in [4.78, 5) is 5.02. The van der Waals surface area contributed by atoms with Gasteiger partial charge in [-0.1, -0.05) is 43.6 Å². The SMILES string of the molecule is CCN1CC[C@@H](N(C)Cc2ccccc2Cl)[C@@H](C)C1. The van der Waals surface area contributed by atoms with Gasteiger partial charge >= 0.3 is 0 Å². The molecule has 0 bridgehead atoms. The Kier molecular flexibility index (Phi) is 5.26. The van der Waals surface area contributed by atoms with Crippen LogP contribution in [0.2, 0.25) is 5.02 Å². The van der Waals surface area contributed by atoms with E-state index in [9.17, 15) is 0 Å². The molecular weight excluding hydrogens is 256 g/mol. The van der Waals surface area contributed by atoms with E-state index in [4.69, 9.17) is 11.6 Å². The van der Waals surface area contributed by atoms with Crippen molar-refractivity contribution in [2.45, 2.75) is 32.9 Å². The summed E-state index contributed by atoms with van der Waals surface area (Å²) in [7, 11) is 2.23. The lowest BCUT2D eigenvalue weighted by atomic mass is 9.92. The Bertz CT molecular complexity index is 407. The predicted octanol–water partition coefficient (Wildman–Crippen LogP) is 3.50. The first kappa shape index (κ1) is 14.8. The van der Waals surface area contributed by atoms with Gasteiger partial charge in [-0.3, -0.25) is 4.90 Å². The number of nitrogens with zero attached hydrogens (tertiary/aromatic N) is 2. The van der Waals surface area contributed by atoms with E-state index in [2.05, 4.69) is 42.8 Å². The highest BCUT2D eigenvalue weighted by molar-refractivity contribution is 6.31. The Balaban J connectivity index is 1.97. The number of rotatable bonds is 4. The van der Waals surface area contributed by atoms with Gasteiger partial charge in [-0.25, -0.2) is 0 Å². The molecule has 2 atom stereocenters. The van der Waals surface area contributed by atoms with Crippen LogP contribution in [0.25, 0.3) is 0 Å². The van der Waals surface area contributed by atoms with E-state index >= 15 is 0 Å². The fraction of sp³-hybridized carbons (Fsp3) is 0.625. The van der Waals surface area contributed by atoms with Crippen LogP contribution in [0.3, 0.4) is 0 Å². The van der Waals surface area contributed by atoms with Crippen molar-refractivity contribution in [3.8, 4) is 0 Å². The van der Waals surface area contributed by atoms with E-state index in [-0.39, 0.29) is 0 Å². The number of halogens is 1. The maximum atomic E-state index is 6.25. The summed E-state index contributed by atoms with van der Waals surface area (Å²) in [6, 6.07) is 8.84. The van der Waals surface area contributed by atoms with Gasteiger partial charge in [0.25, 0.3) is 0 Å². The average molecular weight is 281 g/mol. The second-order valence-electron chi connectivity index (χ2n) is 5.73. The fourth-order valence-electron chi connectivity index (χ4n) is 3.17. The molecule has 0 saturated carbocycles. The van der Waals surface area contributed by atoms with E-state index in [0.29, 0.717) is 6.04 Å². The predicted molar refractivity (Wildman–Crippen MR) is 82.6 cm³/mol. The molecule has 0 aliphatic carbocycles. The Morgan fingerprint density at radius 1 is 1.37 bits per heavy atom. The zero-order chi connectivity index (χ0) is 13.8. The van der Waals surface area contributed by atoms with Crippen molar-refractivity contribution in [1.82, 2.24) is 9.80 Å². The van der Waals surface area contributed by atoms with Gasteiger partial charge in [-0.15, -0.1) is 0 Å². The second kappa shape index (κ2) is 6.74. The standard InChI is InChI=1S/C16H25ClN2/c1-4-19-10-9-16(13(2)11-19)18(3)12-14-7-5-6-8-15(14)17/h5-8,13,16H,4,9-12H2,1-3H3/t13-,16+/m0/s1. The van der Waals surface area contributed by atoms with Crippen LogP contribution in [0.15, 0.2) is 24.3 Å². The van der Waals surface area contributed by atoms with Crippen LogP contribution in [-0.2, 0) is 6.54 Å². The number of hydrogen-bond acceptors (Lipinski definition) is 2. The summed E-state index contributed by atoms with van der Waals surface area (Å²) >= 11 is 6.25. The van der Waals surface area contributed by atoms with Crippen LogP contribution in [0, 0.1) is 5.92 Å². The molecule has 2 rings (SSSR count). The summed E-state index contributed by atoms with van der Waals surface area (Å²) < 4.78 is 0. The number of piperidine rings is 1. The molecule has 0 spiro atoms. The van der Waals surface area contributed by atoms with E-state index in [1.807, 2.05) is 12.1 Å². The smallest absolute Gasteiger partial charge is 0.0451 e. The number of benzene rings is 1. The molecule has 1 aliphatic heterocycles. The summed E-state index contributed by atoms with van der Waals surface area (Å²) in [5, 5.41) is 0.882. The topological polar surface area (TPSA) is 6.48 Å². The van der Waals surface area contributed by atoms with Crippen molar-refractivity contribution in [3.05, 3.63) is 34.9 Å². The first-order valence-corrected chi connectivity index (χ1v) is 7.65. The lowest BCUT2D eigenvalue weighted by Crippen LogP contribution is -2.48. The molecular formula is C16H25ClN2. The Labute approximate surface area is 122 Å². The van der Waals surface area contributed by atoms with Gasteiger partial charge in [0.15, 0.2) is 0 Å². The second-order valence-corrected chi connectivity index (χ2v) is 6.14. The quantitative estimate of drug-likeness (QED) is 0.833. The van der Waals surface area contributed by atoms with Crippen LogP contribution in [0.1, 0.15) is 25.8 Å². The van der Waals surface area contributed by atoms with Crippen LogP contribution in [-0.4, -0.2) is 42.5 Å². The monoisotopic (exact) mass is 280 g/mol. The third kappa shape index (κ3) is 3.71. The average Bonchev–Trinajstić information content (AvgIpc) is 2.41. The van der Waals surface area contributed by atoms with Crippen molar-refractivity contribution in [1.29, 1.82) is 0 Å². The molecule has 2 nitrogen and oxygen atoms in total. The lowest BCUT2D eigenvalue weighted by molar-refractivity contribution is 0.0787. The molecule has 1 saturated heterocycles. The molecule has 1 aromatic rings. The highest BCUT2D eigenvalue weighted by atomic mass is 35.5. The van der Waals surface area contributed by atoms with Gasteiger partial charge in [0.2, 0.25) is 0 Å². The van der Waals surface area contributed by atoms with Gasteiger partial charge in [-0.05, 0) is 44.1 Å². The molecule has 0 unspecified atom stereocenters. The summed E-state index contributed by atoms with van der Waals surface area (Å²) in [6.45, 7) is 9.18. The fourth-order valence-corrected chi connectivity index (χ4v) is 3.37. The molecule has 0 aromatic heterocycles. The highest BCUT2D eigenvalue weighted by Gasteiger charge is 2.28. The van der Waals surface area contributed by atoms with E-state index in [1.165, 1.54) is 31.6 Å². The van der Waals surface area contributed by atoms with Gasteiger partial charge in [0.1, 0.15) is 0 Å². The van der Waals surface area contributed by atoms with Gasteiger partial charge in [-0.2, -0.15) is 0 Å². The minimum Gasteiger partial charge on any atom is -0.303 e. The maximum absolute atomic E-state index is 6.25. The van der Waals surface area contributed by atoms with Gasteiger partial charge < -0.3 is 4.90 Å². The first-order chi connectivity index (χ1) is 9.11. The molecule has 3 heteroatoms. The van der Waals surface area contributed by atoms with Crippen molar-refractivity contribution in [3.63, 3.8) is 0 Å². The largest absolute Gasteiger partial charge is 0.303 e. The third-order valence-electron chi connectivity index (χ3n) is 4.34. The van der Waals surface area contributed by atoms with Gasteiger partial charge in [0.05, 0.1) is 0 Å².